The van der Waals surface area contributed by atoms with Crippen LogP contribution in [-0.4, -0.2) is 31.3 Å². The zero-order valence-electron chi connectivity index (χ0n) is 15.4. The number of fused-ring (bicyclic) bond motifs is 1. The van der Waals surface area contributed by atoms with E-state index in [9.17, 15) is 4.79 Å². The Balaban J connectivity index is 2.24. The Morgan fingerprint density at radius 3 is 2.44 bits per heavy atom. The van der Waals surface area contributed by atoms with Crippen LogP contribution in [0.3, 0.4) is 0 Å². The van der Waals surface area contributed by atoms with Crippen molar-refractivity contribution in [2.75, 3.05) is 23.5 Å². The summed E-state index contributed by atoms with van der Waals surface area (Å²) in [4.78, 5) is 15.7. The smallest absolute Gasteiger partial charge is 0.337 e. The molecule has 0 fully saturated rings. The van der Waals surface area contributed by atoms with Crippen LogP contribution in [-0.2, 0) is 4.74 Å². The molecule has 0 unspecified atom stereocenters. The molecule has 3 rings (SSSR count). The molecule has 1 aliphatic rings. The van der Waals surface area contributed by atoms with Gasteiger partial charge in [0.05, 0.1) is 24.0 Å². The molecule has 0 radical (unpaired) electrons. The van der Waals surface area contributed by atoms with Crippen LogP contribution < -0.4 is 9.80 Å². The van der Waals surface area contributed by atoms with Crippen molar-refractivity contribution in [1.29, 1.82) is 10.8 Å². The maximum Gasteiger partial charge on any atom is 0.337 e. The normalized spacial score (nSPS) is 16.6. The third-order valence-electron chi connectivity index (χ3n) is 4.57. The average Bonchev–Trinajstić information content (AvgIpc) is 2.76. The predicted octanol–water partition coefficient (Wildman–Crippen LogP) is 4.70. The van der Waals surface area contributed by atoms with Gasteiger partial charge in [-0.3, -0.25) is 15.7 Å². The van der Waals surface area contributed by atoms with Gasteiger partial charge in [0.15, 0.2) is 0 Å². The van der Waals surface area contributed by atoms with Crippen LogP contribution in [0.1, 0.15) is 24.2 Å². The Labute approximate surface area is 163 Å². The molecular formula is C20H21ClN4O2. The van der Waals surface area contributed by atoms with Gasteiger partial charge in [-0.05, 0) is 49.4 Å². The number of halogens is 1. The molecule has 0 aliphatic carbocycles. The van der Waals surface area contributed by atoms with Crippen LogP contribution in [0.25, 0.3) is 0 Å². The molecule has 0 spiro atoms. The van der Waals surface area contributed by atoms with E-state index in [1.165, 1.54) is 7.11 Å². The highest BCUT2D eigenvalue weighted by molar-refractivity contribution is 6.30. The average molecular weight is 385 g/mol. The first kappa shape index (κ1) is 18.9. The van der Waals surface area contributed by atoms with Crippen molar-refractivity contribution in [2.45, 2.75) is 13.8 Å². The number of amidine groups is 2. The summed E-state index contributed by atoms with van der Waals surface area (Å²) in [5, 5.41) is 17.4. The van der Waals surface area contributed by atoms with E-state index in [-0.39, 0.29) is 11.8 Å². The van der Waals surface area contributed by atoms with Crippen LogP contribution >= 0.6 is 11.6 Å². The van der Waals surface area contributed by atoms with E-state index in [0.717, 1.165) is 11.4 Å². The zero-order chi connectivity index (χ0) is 19.7. The number of hydrogen-bond donors (Lipinski definition) is 2. The molecule has 1 aliphatic heterocycles. The van der Waals surface area contributed by atoms with Gasteiger partial charge in [-0.15, -0.1) is 0 Å². The molecule has 0 saturated carbocycles. The SMILES string of the molecule is COC(=O)c1ccc2c(c1)N(c1ccc(Cl)cc1)C[C@@H](C)C(=N)N2C(C)=N. The van der Waals surface area contributed by atoms with E-state index < -0.39 is 5.97 Å². The van der Waals surface area contributed by atoms with E-state index in [4.69, 9.17) is 27.2 Å². The van der Waals surface area contributed by atoms with E-state index in [1.54, 1.807) is 42.2 Å². The number of benzene rings is 2. The van der Waals surface area contributed by atoms with Gasteiger partial charge in [-0.25, -0.2) is 4.79 Å². The lowest BCUT2D eigenvalue weighted by molar-refractivity contribution is 0.0601. The van der Waals surface area contributed by atoms with Crippen molar-refractivity contribution >= 4 is 46.3 Å². The Kier molecular flexibility index (Phi) is 5.19. The van der Waals surface area contributed by atoms with Crippen LogP contribution in [0.15, 0.2) is 42.5 Å². The van der Waals surface area contributed by atoms with Gasteiger partial charge >= 0.3 is 5.97 Å². The van der Waals surface area contributed by atoms with Gasteiger partial charge in [0.2, 0.25) is 0 Å². The summed E-state index contributed by atoms with van der Waals surface area (Å²) in [6.07, 6.45) is 0. The number of hydrogen-bond acceptors (Lipinski definition) is 5. The maximum atomic E-state index is 12.1. The minimum absolute atomic E-state index is 0.130. The van der Waals surface area contributed by atoms with Gasteiger partial charge in [0, 0.05) is 23.2 Å². The molecule has 2 N–H and O–H groups in total. The number of rotatable bonds is 2. The highest BCUT2D eigenvalue weighted by Crippen LogP contribution is 2.39. The largest absolute Gasteiger partial charge is 0.465 e. The maximum absolute atomic E-state index is 12.1. The van der Waals surface area contributed by atoms with E-state index in [2.05, 4.69) is 0 Å². The molecule has 27 heavy (non-hydrogen) atoms. The van der Waals surface area contributed by atoms with Gasteiger partial charge in [0.25, 0.3) is 0 Å². The quantitative estimate of drug-likeness (QED) is 0.447. The van der Waals surface area contributed by atoms with Crippen molar-refractivity contribution in [3.05, 3.63) is 53.1 Å². The van der Waals surface area contributed by atoms with Crippen LogP contribution in [0.4, 0.5) is 17.1 Å². The van der Waals surface area contributed by atoms with Crippen LogP contribution in [0, 0.1) is 16.7 Å². The zero-order valence-corrected chi connectivity index (χ0v) is 16.2. The first-order valence-corrected chi connectivity index (χ1v) is 8.90. The summed E-state index contributed by atoms with van der Waals surface area (Å²) < 4.78 is 4.86. The number of esters is 1. The first-order chi connectivity index (χ1) is 12.8. The highest BCUT2D eigenvalue weighted by atomic mass is 35.5. The lowest BCUT2D eigenvalue weighted by Crippen LogP contribution is -2.38. The number of methoxy groups -OCH3 is 1. The summed E-state index contributed by atoms with van der Waals surface area (Å²) in [7, 11) is 1.34. The van der Waals surface area contributed by atoms with Crippen molar-refractivity contribution < 1.29 is 9.53 Å². The van der Waals surface area contributed by atoms with E-state index >= 15 is 0 Å². The van der Waals surface area contributed by atoms with Crippen LogP contribution in [0.2, 0.25) is 5.02 Å². The summed E-state index contributed by atoms with van der Waals surface area (Å²) >= 11 is 6.04. The second-order valence-corrected chi connectivity index (χ2v) is 6.93. The molecule has 7 heteroatoms. The lowest BCUT2D eigenvalue weighted by Gasteiger charge is -2.27. The molecular weight excluding hydrogens is 364 g/mol. The third kappa shape index (κ3) is 3.53. The number of ether oxygens (including phenoxy) is 1. The van der Waals surface area contributed by atoms with Crippen molar-refractivity contribution in [2.24, 2.45) is 5.92 Å². The standard InChI is InChI=1S/C20H21ClN4O2/c1-12-11-24(16-7-5-15(21)6-8-16)18-10-14(20(26)27-3)4-9-17(18)25(13(2)22)19(12)23/h4-10,12,22-23H,11H2,1-3H3/t12-/m1/s1. The predicted molar refractivity (Wildman–Crippen MR) is 109 cm³/mol. The molecule has 1 atom stereocenters. The van der Waals surface area contributed by atoms with E-state index in [0.29, 0.717) is 28.7 Å². The van der Waals surface area contributed by atoms with Crippen LogP contribution in [0.5, 0.6) is 0 Å². The summed E-state index contributed by atoms with van der Waals surface area (Å²) in [5.41, 5.74) is 2.73. The molecule has 6 nitrogen and oxygen atoms in total. The summed E-state index contributed by atoms with van der Waals surface area (Å²) in [6, 6.07) is 12.6. The van der Waals surface area contributed by atoms with Gasteiger partial charge in [-0.1, -0.05) is 18.5 Å². The molecule has 140 valence electrons. The van der Waals surface area contributed by atoms with Crippen molar-refractivity contribution in [1.82, 2.24) is 0 Å². The fraction of sp³-hybridized carbons (Fsp3) is 0.250. The molecule has 2 aromatic carbocycles. The van der Waals surface area contributed by atoms with Crippen molar-refractivity contribution in [3.8, 4) is 0 Å². The topological polar surface area (TPSA) is 80.5 Å². The molecule has 0 bridgehead atoms. The van der Waals surface area contributed by atoms with Gasteiger partial charge in [0.1, 0.15) is 11.7 Å². The number of nitrogens with zero attached hydrogens (tertiary/aromatic N) is 2. The molecule has 1 heterocycles. The third-order valence-corrected chi connectivity index (χ3v) is 4.82. The fourth-order valence-corrected chi connectivity index (χ4v) is 3.34. The highest BCUT2D eigenvalue weighted by Gasteiger charge is 2.31. The molecule has 0 aromatic heterocycles. The lowest BCUT2D eigenvalue weighted by atomic mass is 10.1. The number of nitrogens with one attached hydrogen (secondary N) is 2. The Bertz CT molecular complexity index is 911. The number of carbonyl (C=O) groups is 1. The second-order valence-electron chi connectivity index (χ2n) is 6.49. The first-order valence-electron chi connectivity index (χ1n) is 8.52. The minimum atomic E-state index is -0.431. The number of anilines is 3. The Morgan fingerprint density at radius 1 is 1.19 bits per heavy atom. The van der Waals surface area contributed by atoms with E-state index in [1.807, 2.05) is 24.0 Å². The van der Waals surface area contributed by atoms with Gasteiger partial charge in [-0.2, -0.15) is 0 Å². The summed E-state index contributed by atoms with van der Waals surface area (Å²) in [5.74, 6) is 0.0252. The molecule has 0 saturated heterocycles. The second kappa shape index (κ2) is 7.40. The van der Waals surface area contributed by atoms with Gasteiger partial charge < -0.3 is 9.64 Å². The Morgan fingerprint density at radius 2 is 1.85 bits per heavy atom. The summed E-state index contributed by atoms with van der Waals surface area (Å²) in [6.45, 7) is 4.13. The number of carbonyl (C=O) groups excluding carboxylic acids is 1. The fourth-order valence-electron chi connectivity index (χ4n) is 3.21. The minimum Gasteiger partial charge on any atom is -0.465 e. The monoisotopic (exact) mass is 384 g/mol. The molecule has 0 amide bonds. The molecule has 2 aromatic rings. The van der Waals surface area contributed by atoms with Crippen molar-refractivity contribution in [3.63, 3.8) is 0 Å². The Hall–Kier alpha value is -2.86.